The van der Waals surface area contributed by atoms with Gasteiger partial charge in [-0.3, -0.25) is 4.79 Å². The number of amides is 1. The Morgan fingerprint density at radius 1 is 1.12 bits per heavy atom. The molecule has 2 saturated heterocycles. The molecule has 8 nitrogen and oxygen atoms in total. The van der Waals surface area contributed by atoms with E-state index in [1.807, 2.05) is 7.05 Å². The van der Waals surface area contributed by atoms with Crippen molar-refractivity contribution in [1.29, 1.82) is 0 Å². The zero-order chi connectivity index (χ0) is 17.9. The van der Waals surface area contributed by atoms with E-state index in [1.165, 1.54) is 16.4 Å². The van der Waals surface area contributed by atoms with Gasteiger partial charge in [0, 0.05) is 31.9 Å². The van der Waals surface area contributed by atoms with E-state index in [2.05, 4.69) is 10.2 Å². The SMILES string of the molecule is CN1CCN(S(=O)(=O)c2ccc(NC(=O)C3COCCO3)cc2)CC1. The fraction of sp³-hybridized carbons (Fsp3) is 0.562. The van der Waals surface area contributed by atoms with Crippen molar-refractivity contribution < 1.29 is 22.7 Å². The average molecular weight is 369 g/mol. The van der Waals surface area contributed by atoms with Crippen LogP contribution in [-0.4, -0.2) is 82.7 Å². The normalized spacial score (nSPS) is 23.3. The van der Waals surface area contributed by atoms with Gasteiger partial charge in [-0.25, -0.2) is 8.42 Å². The molecule has 1 amide bonds. The first-order chi connectivity index (χ1) is 12.0. The molecule has 3 rings (SSSR count). The predicted octanol–water partition coefficient (Wildman–Crippen LogP) is -0.0234. The number of benzene rings is 1. The van der Waals surface area contributed by atoms with Crippen LogP contribution in [0.15, 0.2) is 29.2 Å². The molecule has 2 fully saturated rings. The molecule has 1 atom stereocenters. The molecular weight excluding hydrogens is 346 g/mol. The maximum absolute atomic E-state index is 12.7. The molecular formula is C16H23N3O5S. The summed E-state index contributed by atoms with van der Waals surface area (Å²) in [5.74, 6) is -0.297. The summed E-state index contributed by atoms with van der Waals surface area (Å²) in [6.45, 7) is 3.50. The van der Waals surface area contributed by atoms with Crippen molar-refractivity contribution in [3.05, 3.63) is 24.3 Å². The highest BCUT2D eigenvalue weighted by Gasteiger charge is 2.27. The highest BCUT2D eigenvalue weighted by molar-refractivity contribution is 7.89. The number of rotatable bonds is 4. The van der Waals surface area contributed by atoms with Gasteiger partial charge in [0.25, 0.3) is 5.91 Å². The first-order valence-electron chi connectivity index (χ1n) is 8.26. The number of nitrogens with zero attached hydrogens (tertiary/aromatic N) is 2. The number of anilines is 1. The molecule has 1 unspecified atom stereocenters. The average Bonchev–Trinajstić information content (AvgIpc) is 2.63. The lowest BCUT2D eigenvalue weighted by molar-refractivity contribution is -0.142. The van der Waals surface area contributed by atoms with Crippen molar-refractivity contribution in [3.8, 4) is 0 Å². The molecule has 1 aromatic carbocycles. The van der Waals surface area contributed by atoms with Gasteiger partial charge in [-0.15, -0.1) is 0 Å². The summed E-state index contributed by atoms with van der Waals surface area (Å²) >= 11 is 0. The zero-order valence-corrected chi connectivity index (χ0v) is 15.0. The van der Waals surface area contributed by atoms with Crippen molar-refractivity contribution in [2.24, 2.45) is 0 Å². The van der Waals surface area contributed by atoms with E-state index in [0.29, 0.717) is 32.0 Å². The van der Waals surface area contributed by atoms with Gasteiger partial charge in [0.05, 0.1) is 24.7 Å². The van der Waals surface area contributed by atoms with Gasteiger partial charge in [0.2, 0.25) is 10.0 Å². The Morgan fingerprint density at radius 3 is 2.40 bits per heavy atom. The van der Waals surface area contributed by atoms with E-state index in [1.54, 1.807) is 12.1 Å². The first-order valence-corrected chi connectivity index (χ1v) is 9.70. The summed E-state index contributed by atoms with van der Waals surface area (Å²) in [6.07, 6.45) is -0.637. The summed E-state index contributed by atoms with van der Waals surface area (Å²) < 4.78 is 37.4. The quantitative estimate of drug-likeness (QED) is 0.802. The van der Waals surface area contributed by atoms with Crippen LogP contribution in [0.2, 0.25) is 0 Å². The molecule has 0 bridgehead atoms. The third-order valence-electron chi connectivity index (χ3n) is 4.33. The van der Waals surface area contributed by atoms with Crippen molar-refractivity contribution in [1.82, 2.24) is 9.21 Å². The number of carbonyl (C=O) groups excluding carboxylic acids is 1. The Balaban J connectivity index is 1.64. The van der Waals surface area contributed by atoms with Crippen LogP contribution in [0.5, 0.6) is 0 Å². The van der Waals surface area contributed by atoms with Crippen LogP contribution in [-0.2, 0) is 24.3 Å². The molecule has 138 valence electrons. The van der Waals surface area contributed by atoms with Crippen LogP contribution in [0.4, 0.5) is 5.69 Å². The summed E-state index contributed by atoms with van der Waals surface area (Å²) in [5.41, 5.74) is 0.525. The third-order valence-corrected chi connectivity index (χ3v) is 6.24. The topological polar surface area (TPSA) is 88.2 Å². The Kier molecular flexibility index (Phi) is 5.70. The smallest absolute Gasteiger partial charge is 0.255 e. The predicted molar refractivity (Wildman–Crippen MR) is 91.9 cm³/mol. The third kappa shape index (κ3) is 4.36. The van der Waals surface area contributed by atoms with Gasteiger partial charge < -0.3 is 19.7 Å². The molecule has 1 N–H and O–H groups in total. The number of likely N-dealkylation sites (N-methyl/N-ethyl adjacent to an activating group) is 1. The van der Waals surface area contributed by atoms with Crippen LogP contribution < -0.4 is 5.32 Å². The highest BCUT2D eigenvalue weighted by atomic mass is 32.2. The molecule has 0 aliphatic carbocycles. The number of carbonyl (C=O) groups is 1. The van der Waals surface area contributed by atoms with E-state index in [9.17, 15) is 13.2 Å². The minimum Gasteiger partial charge on any atom is -0.376 e. The largest absolute Gasteiger partial charge is 0.376 e. The van der Waals surface area contributed by atoms with Gasteiger partial charge >= 0.3 is 0 Å². The van der Waals surface area contributed by atoms with Crippen molar-refractivity contribution in [2.75, 3.05) is 58.4 Å². The number of sulfonamides is 1. The second-order valence-electron chi connectivity index (χ2n) is 6.16. The lowest BCUT2D eigenvalue weighted by Gasteiger charge is -2.31. The lowest BCUT2D eigenvalue weighted by atomic mass is 10.3. The molecule has 0 radical (unpaired) electrons. The number of hydrogen-bond donors (Lipinski definition) is 1. The van der Waals surface area contributed by atoms with E-state index in [4.69, 9.17) is 9.47 Å². The van der Waals surface area contributed by atoms with Crippen LogP contribution in [0.3, 0.4) is 0 Å². The molecule has 9 heteroatoms. The second-order valence-corrected chi connectivity index (χ2v) is 8.09. The molecule has 2 heterocycles. The molecule has 0 spiro atoms. The Labute approximate surface area is 147 Å². The Hall–Kier alpha value is -1.52. The Morgan fingerprint density at radius 2 is 1.80 bits per heavy atom. The first kappa shape index (κ1) is 18.3. The van der Waals surface area contributed by atoms with Crippen LogP contribution >= 0.6 is 0 Å². The van der Waals surface area contributed by atoms with E-state index in [0.717, 1.165) is 13.1 Å². The monoisotopic (exact) mass is 369 g/mol. The van der Waals surface area contributed by atoms with Gasteiger partial charge in [-0.1, -0.05) is 0 Å². The van der Waals surface area contributed by atoms with Crippen LogP contribution in [0, 0.1) is 0 Å². The maximum atomic E-state index is 12.7. The minimum atomic E-state index is -3.50. The van der Waals surface area contributed by atoms with Crippen LogP contribution in [0.25, 0.3) is 0 Å². The van der Waals surface area contributed by atoms with E-state index >= 15 is 0 Å². The van der Waals surface area contributed by atoms with Crippen molar-refractivity contribution in [2.45, 2.75) is 11.0 Å². The fourth-order valence-corrected chi connectivity index (χ4v) is 4.17. The van der Waals surface area contributed by atoms with E-state index < -0.39 is 16.1 Å². The summed E-state index contributed by atoms with van der Waals surface area (Å²) in [5, 5.41) is 2.72. The molecule has 2 aliphatic heterocycles. The minimum absolute atomic E-state index is 0.224. The van der Waals surface area contributed by atoms with Gasteiger partial charge in [-0.2, -0.15) is 4.31 Å². The van der Waals surface area contributed by atoms with Crippen molar-refractivity contribution in [3.63, 3.8) is 0 Å². The molecule has 1 aromatic rings. The number of piperazine rings is 1. The Bertz CT molecular complexity index is 693. The van der Waals surface area contributed by atoms with Gasteiger partial charge in [0.15, 0.2) is 6.10 Å². The number of hydrogen-bond acceptors (Lipinski definition) is 6. The molecule has 25 heavy (non-hydrogen) atoms. The highest BCUT2D eigenvalue weighted by Crippen LogP contribution is 2.20. The summed E-state index contributed by atoms with van der Waals surface area (Å²) in [7, 11) is -1.53. The van der Waals surface area contributed by atoms with Gasteiger partial charge in [-0.05, 0) is 31.3 Å². The molecule has 0 aromatic heterocycles. The fourth-order valence-electron chi connectivity index (χ4n) is 2.75. The molecule has 2 aliphatic rings. The summed E-state index contributed by atoms with van der Waals surface area (Å²) in [6, 6.07) is 6.21. The maximum Gasteiger partial charge on any atom is 0.255 e. The standard InChI is InChI=1S/C16H23N3O5S/c1-18-6-8-19(9-7-18)25(21,22)14-4-2-13(3-5-14)17-16(20)15-12-23-10-11-24-15/h2-5,15H,6-12H2,1H3,(H,17,20). The second kappa shape index (κ2) is 7.79. The zero-order valence-electron chi connectivity index (χ0n) is 14.2. The van der Waals surface area contributed by atoms with E-state index in [-0.39, 0.29) is 17.4 Å². The number of nitrogens with one attached hydrogen (secondary N) is 1. The lowest BCUT2D eigenvalue weighted by Crippen LogP contribution is -2.47. The number of ether oxygens (including phenoxy) is 2. The molecule has 0 saturated carbocycles. The summed E-state index contributed by atoms with van der Waals surface area (Å²) in [4.78, 5) is 14.4. The van der Waals surface area contributed by atoms with Crippen molar-refractivity contribution >= 4 is 21.6 Å². The van der Waals surface area contributed by atoms with Gasteiger partial charge in [0.1, 0.15) is 0 Å². The van der Waals surface area contributed by atoms with Crippen LogP contribution in [0.1, 0.15) is 0 Å².